The first kappa shape index (κ1) is 22.1. The quantitative estimate of drug-likeness (QED) is 0.461. The Balaban J connectivity index is 1.39. The number of nitrogens with one attached hydrogen (secondary N) is 2. The molecule has 0 saturated carbocycles. The minimum atomic E-state index is -0.188. The van der Waals surface area contributed by atoms with Gasteiger partial charge in [-0.1, -0.05) is 13.3 Å². The van der Waals surface area contributed by atoms with Gasteiger partial charge in [-0.15, -0.1) is 0 Å². The molecule has 7 nitrogen and oxygen atoms in total. The Bertz CT molecular complexity index is 1030. The lowest BCUT2D eigenvalue weighted by Gasteiger charge is -2.35. The highest BCUT2D eigenvalue weighted by molar-refractivity contribution is 5.99. The van der Waals surface area contributed by atoms with Crippen molar-refractivity contribution in [3.63, 3.8) is 0 Å². The van der Waals surface area contributed by atoms with Crippen molar-refractivity contribution in [2.75, 3.05) is 32.1 Å². The van der Waals surface area contributed by atoms with Gasteiger partial charge in [-0.3, -0.25) is 4.79 Å². The number of pyridine rings is 1. The van der Waals surface area contributed by atoms with Crippen molar-refractivity contribution >= 4 is 28.4 Å². The molecule has 0 spiro atoms. The van der Waals surface area contributed by atoms with E-state index in [0.717, 1.165) is 29.8 Å². The fraction of sp³-hybridized carbons (Fsp3) is 0.440. The second-order valence-electron chi connectivity index (χ2n) is 8.25. The van der Waals surface area contributed by atoms with Crippen LogP contribution in [0.15, 0.2) is 47.1 Å². The fourth-order valence-electron chi connectivity index (χ4n) is 4.38. The number of piperidine rings is 1. The zero-order valence-electron chi connectivity index (χ0n) is 18.9. The minimum Gasteiger partial charge on any atom is -0.497 e. The van der Waals surface area contributed by atoms with Crippen molar-refractivity contribution < 1.29 is 13.9 Å². The molecule has 2 aromatic heterocycles. The molecule has 0 bridgehead atoms. The summed E-state index contributed by atoms with van der Waals surface area (Å²) in [6.07, 6.45) is 7.64. The maximum absolute atomic E-state index is 12.8. The Morgan fingerprint density at radius 2 is 2.09 bits per heavy atom. The highest BCUT2D eigenvalue weighted by Crippen LogP contribution is 2.27. The summed E-state index contributed by atoms with van der Waals surface area (Å²) in [5, 5.41) is 7.14. The summed E-state index contributed by atoms with van der Waals surface area (Å²) < 4.78 is 10.8. The number of methoxy groups -OCH3 is 1. The van der Waals surface area contributed by atoms with Crippen LogP contribution < -0.4 is 15.4 Å². The van der Waals surface area contributed by atoms with E-state index in [1.807, 2.05) is 30.3 Å². The van der Waals surface area contributed by atoms with Gasteiger partial charge in [-0.2, -0.15) is 0 Å². The van der Waals surface area contributed by atoms with Crippen LogP contribution in [0.25, 0.3) is 11.0 Å². The maximum Gasteiger partial charge on any atom is 0.270 e. The molecule has 1 fully saturated rings. The van der Waals surface area contributed by atoms with E-state index in [1.54, 1.807) is 19.4 Å². The number of fused-ring (bicyclic) bond motifs is 1. The molecule has 2 N–H and O–H groups in total. The minimum absolute atomic E-state index is 0.188. The SMILES string of the molecule is CC[C@H]1CCCCN1CCCNC(=O)c1cc2occc2c(Nc2ccc(OC)cc2)n1. The predicted octanol–water partition coefficient (Wildman–Crippen LogP) is 4.96. The first-order chi connectivity index (χ1) is 15.7. The average Bonchev–Trinajstić information content (AvgIpc) is 3.31. The molecule has 32 heavy (non-hydrogen) atoms. The lowest BCUT2D eigenvalue weighted by atomic mass is 10.00. The Hall–Kier alpha value is -3.06. The zero-order valence-corrected chi connectivity index (χ0v) is 18.9. The first-order valence-electron chi connectivity index (χ1n) is 11.5. The summed E-state index contributed by atoms with van der Waals surface area (Å²) >= 11 is 0. The van der Waals surface area contributed by atoms with Crippen LogP contribution in [0.4, 0.5) is 11.5 Å². The molecule has 0 radical (unpaired) electrons. The molecular weight excluding hydrogens is 404 g/mol. The molecule has 4 rings (SSSR count). The smallest absolute Gasteiger partial charge is 0.270 e. The Morgan fingerprint density at radius 3 is 2.88 bits per heavy atom. The first-order valence-corrected chi connectivity index (χ1v) is 11.5. The third-order valence-corrected chi connectivity index (χ3v) is 6.16. The van der Waals surface area contributed by atoms with Crippen molar-refractivity contribution in [2.24, 2.45) is 0 Å². The number of hydrogen-bond donors (Lipinski definition) is 2. The Morgan fingerprint density at radius 1 is 1.25 bits per heavy atom. The van der Waals surface area contributed by atoms with Gasteiger partial charge in [0.25, 0.3) is 5.91 Å². The van der Waals surface area contributed by atoms with Crippen molar-refractivity contribution in [2.45, 2.75) is 45.1 Å². The molecule has 1 aliphatic rings. The van der Waals surface area contributed by atoms with Gasteiger partial charge in [0.05, 0.1) is 18.8 Å². The van der Waals surface area contributed by atoms with Gasteiger partial charge in [0.2, 0.25) is 0 Å². The van der Waals surface area contributed by atoms with E-state index in [1.165, 1.54) is 32.2 Å². The standard InChI is InChI=1S/C25H32N4O3/c1-3-19-7-4-5-14-29(19)15-6-13-26-25(30)22-17-23-21(12-16-32-23)24(28-22)27-18-8-10-20(31-2)11-9-18/h8-12,16-17,19H,3-7,13-15H2,1-2H3,(H,26,30)(H,27,28)/t19-/m0/s1. The number of anilines is 2. The number of benzene rings is 1. The second kappa shape index (κ2) is 10.5. The molecule has 170 valence electrons. The van der Waals surface area contributed by atoms with Crippen LogP contribution >= 0.6 is 0 Å². The van der Waals surface area contributed by atoms with Gasteiger partial charge in [0, 0.05) is 30.9 Å². The molecule has 3 heterocycles. The molecule has 1 aromatic carbocycles. The van der Waals surface area contributed by atoms with E-state index in [2.05, 4.69) is 27.4 Å². The highest BCUT2D eigenvalue weighted by atomic mass is 16.5. The number of carbonyl (C=O) groups excluding carboxylic acids is 1. The van der Waals surface area contributed by atoms with Crippen LogP contribution in [0.3, 0.4) is 0 Å². The van der Waals surface area contributed by atoms with Crippen molar-refractivity contribution in [1.29, 1.82) is 0 Å². The third-order valence-electron chi connectivity index (χ3n) is 6.16. The zero-order chi connectivity index (χ0) is 22.3. The van der Waals surface area contributed by atoms with Gasteiger partial charge < -0.3 is 24.7 Å². The van der Waals surface area contributed by atoms with Gasteiger partial charge >= 0.3 is 0 Å². The molecule has 0 aliphatic carbocycles. The number of nitrogens with zero attached hydrogens (tertiary/aromatic N) is 2. The van der Waals surface area contributed by atoms with Crippen LogP contribution in [-0.4, -0.2) is 48.6 Å². The van der Waals surface area contributed by atoms with Gasteiger partial charge in [-0.25, -0.2) is 4.98 Å². The lowest BCUT2D eigenvalue weighted by Crippen LogP contribution is -2.40. The second-order valence-corrected chi connectivity index (χ2v) is 8.25. The summed E-state index contributed by atoms with van der Waals surface area (Å²) in [7, 11) is 1.63. The molecule has 7 heteroatoms. The predicted molar refractivity (Wildman–Crippen MR) is 127 cm³/mol. The lowest BCUT2D eigenvalue weighted by molar-refractivity contribution is 0.0942. The van der Waals surface area contributed by atoms with E-state index in [0.29, 0.717) is 29.7 Å². The van der Waals surface area contributed by atoms with Gasteiger partial charge in [-0.05, 0) is 62.6 Å². The molecular formula is C25H32N4O3. The molecule has 1 aliphatic heterocycles. The monoisotopic (exact) mass is 436 g/mol. The van der Waals surface area contributed by atoms with Crippen LogP contribution in [0.1, 0.15) is 49.5 Å². The summed E-state index contributed by atoms with van der Waals surface area (Å²) in [6, 6.07) is 11.8. The Labute approximate surface area is 189 Å². The van der Waals surface area contributed by atoms with Crippen LogP contribution in [0.5, 0.6) is 5.75 Å². The normalized spacial score (nSPS) is 16.8. The van der Waals surface area contributed by atoms with Crippen molar-refractivity contribution in [3.05, 3.63) is 48.4 Å². The summed E-state index contributed by atoms with van der Waals surface area (Å²) in [4.78, 5) is 19.9. The molecule has 1 amide bonds. The molecule has 0 unspecified atom stereocenters. The molecule has 1 saturated heterocycles. The van der Waals surface area contributed by atoms with Gasteiger partial charge in [0.1, 0.15) is 22.8 Å². The number of rotatable bonds is 9. The number of carbonyl (C=O) groups is 1. The summed E-state index contributed by atoms with van der Waals surface area (Å²) in [5.41, 5.74) is 1.82. The van der Waals surface area contributed by atoms with Gasteiger partial charge in [0.15, 0.2) is 0 Å². The van der Waals surface area contributed by atoms with Crippen LogP contribution in [-0.2, 0) is 0 Å². The highest BCUT2D eigenvalue weighted by Gasteiger charge is 2.20. The van der Waals surface area contributed by atoms with E-state index >= 15 is 0 Å². The van der Waals surface area contributed by atoms with Crippen molar-refractivity contribution in [3.8, 4) is 5.75 Å². The topological polar surface area (TPSA) is 79.6 Å². The number of hydrogen-bond acceptors (Lipinski definition) is 6. The summed E-state index contributed by atoms with van der Waals surface area (Å²) in [6.45, 7) is 5.08. The molecule has 3 aromatic rings. The third kappa shape index (κ3) is 5.22. The van der Waals surface area contributed by atoms with E-state index in [-0.39, 0.29) is 5.91 Å². The number of amides is 1. The number of aromatic nitrogens is 1. The van der Waals surface area contributed by atoms with Crippen LogP contribution in [0.2, 0.25) is 0 Å². The maximum atomic E-state index is 12.8. The number of likely N-dealkylation sites (tertiary alicyclic amines) is 1. The number of furan rings is 1. The largest absolute Gasteiger partial charge is 0.497 e. The van der Waals surface area contributed by atoms with E-state index in [9.17, 15) is 4.79 Å². The van der Waals surface area contributed by atoms with Crippen LogP contribution in [0, 0.1) is 0 Å². The average molecular weight is 437 g/mol. The Kier molecular flexibility index (Phi) is 7.27. The number of ether oxygens (including phenoxy) is 1. The van der Waals surface area contributed by atoms with Crippen molar-refractivity contribution in [1.82, 2.24) is 15.2 Å². The fourth-order valence-corrected chi connectivity index (χ4v) is 4.38. The van der Waals surface area contributed by atoms with E-state index in [4.69, 9.17) is 9.15 Å². The summed E-state index contributed by atoms with van der Waals surface area (Å²) in [5.74, 6) is 1.18. The molecule has 1 atom stereocenters. The van der Waals surface area contributed by atoms with E-state index < -0.39 is 0 Å².